The fraction of sp³-hybridized carbons (Fsp3) is 0.455. The highest BCUT2D eigenvalue weighted by Gasteiger charge is 2.31. The number of nitrogens with one attached hydrogen (secondary N) is 1. The molecule has 2 rings (SSSR count). The molecule has 5 nitrogen and oxygen atoms in total. The molecule has 0 spiro atoms. The van der Waals surface area contributed by atoms with Crippen molar-refractivity contribution in [3.63, 3.8) is 0 Å². The van der Waals surface area contributed by atoms with Gasteiger partial charge in [0.1, 0.15) is 6.23 Å². The minimum absolute atomic E-state index is 0.386. The van der Waals surface area contributed by atoms with Crippen LogP contribution < -0.4 is 11.1 Å². The zero-order chi connectivity index (χ0) is 11.7. The predicted octanol–water partition coefficient (Wildman–Crippen LogP) is -0.0520. The van der Waals surface area contributed by atoms with E-state index in [1.54, 1.807) is 0 Å². The third-order valence-corrected chi connectivity index (χ3v) is 2.87. The van der Waals surface area contributed by atoms with Crippen molar-refractivity contribution in [1.29, 1.82) is 0 Å². The van der Waals surface area contributed by atoms with E-state index >= 15 is 0 Å². The molecule has 0 saturated heterocycles. The van der Waals surface area contributed by atoms with Gasteiger partial charge < -0.3 is 21.3 Å². The summed E-state index contributed by atoms with van der Waals surface area (Å²) >= 11 is 0. The zero-order valence-corrected chi connectivity index (χ0v) is 9.22. The Morgan fingerprint density at radius 3 is 2.88 bits per heavy atom. The molecule has 88 valence electrons. The summed E-state index contributed by atoms with van der Waals surface area (Å²) in [6.07, 6.45) is -1.71. The first-order valence-electron chi connectivity index (χ1n) is 5.33. The second-order valence-corrected chi connectivity index (χ2v) is 3.96. The first kappa shape index (κ1) is 11.3. The van der Waals surface area contributed by atoms with E-state index in [-0.39, 0.29) is 0 Å². The van der Waals surface area contributed by atoms with Gasteiger partial charge in [-0.2, -0.15) is 0 Å². The van der Waals surface area contributed by atoms with E-state index in [4.69, 9.17) is 5.73 Å². The van der Waals surface area contributed by atoms with Crippen LogP contribution in [0.25, 0.3) is 0 Å². The van der Waals surface area contributed by atoms with Crippen LogP contribution >= 0.6 is 0 Å². The average Bonchev–Trinajstić information content (AvgIpc) is 2.26. The van der Waals surface area contributed by atoms with Crippen LogP contribution in [0.15, 0.2) is 18.2 Å². The average molecular weight is 223 g/mol. The topological polar surface area (TPSA) is 81.8 Å². The predicted molar refractivity (Wildman–Crippen MR) is 61.5 cm³/mol. The molecule has 1 aromatic rings. The van der Waals surface area contributed by atoms with Gasteiger partial charge >= 0.3 is 0 Å². The van der Waals surface area contributed by atoms with Gasteiger partial charge in [-0.05, 0) is 12.5 Å². The van der Waals surface area contributed by atoms with E-state index in [9.17, 15) is 10.2 Å². The Bertz CT molecular complexity index is 383. The molecule has 0 aliphatic carbocycles. The summed E-state index contributed by atoms with van der Waals surface area (Å²) in [7, 11) is 0. The molecular formula is C11H17N3O2. The molecule has 1 heterocycles. The number of nitrogens with zero attached hydrogens (tertiary/aromatic N) is 1. The molecule has 2 atom stereocenters. The summed E-state index contributed by atoms with van der Waals surface area (Å²) in [5, 5.41) is 22.9. The molecule has 1 aliphatic heterocycles. The number of anilines is 1. The van der Waals surface area contributed by atoms with E-state index in [2.05, 4.69) is 5.32 Å². The molecule has 1 aliphatic rings. The fourth-order valence-electron chi connectivity index (χ4n) is 2.02. The Hall–Kier alpha value is -1.14. The van der Waals surface area contributed by atoms with E-state index in [1.807, 2.05) is 25.1 Å². The van der Waals surface area contributed by atoms with Crippen molar-refractivity contribution in [1.82, 2.24) is 4.90 Å². The molecule has 0 bridgehead atoms. The summed E-state index contributed by atoms with van der Waals surface area (Å²) in [5.74, 6) is 0. The van der Waals surface area contributed by atoms with Crippen molar-refractivity contribution in [2.45, 2.75) is 19.5 Å². The molecule has 0 fully saturated rings. The van der Waals surface area contributed by atoms with Crippen molar-refractivity contribution in [3.8, 4) is 0 Å². The number of benzene rings is 1. The number of aliphatic hydroxyl groups is 2. The quantitative estimate of drug-likeness (QED) is 0.565. The summed E-state index contributed by atoms with van der Waals surface area (Å²) < 4.78 is 0. The Morgan fingerprint density at radius 2 is 2.19 bits per heavy atom. The monoisotopic (exact) mass is 223 g/mol. The first-order valence-corrected chi connectivity index (χ1v) is 5.33. The molecule has 5 heteroatoms. The summed E-state index contributed by atoms with van der Waals surface area (Å²) in [6, 6.07) is 5.66. The van der Waals surface area contributed by atoms with Gasteiger partial charge in [-0.1, -0.05) is 18.2 Å². The second-order valence-electron chi connectivity index (χ2n) is 3.96. The van der Waals surface area contributed by atoms with Crippen LogP contribution in [0.1, 0.15) is 17.4 Å². The van der Waals surface area contributed by atoms with Crippen molar-refractivity contribution >= 4 is 5.69 Å². The number of nitrogens with two attached hydrogens (primary N) is 1. The van der Waals surface area contributed by atoms with Gasteiger partial charge in [0.25, 0.3) is 0 Å². The summed E-state index contributed by atoms with van der Waals surface area (Å²) in [4.78, 5) is 1.52. The van der Waals surface area contributed by atoms with Gasteiger partial charge in [0, 0.05) is 24.3 Å². The van der Waals surface area contributed by atoms with Crippen LogP contribution in [-0.4, -0.2) is 34.6 Å². The maximum atomic E-state index is 10.1. The highest BCUT2D eigenvalue weighted by Crippen LogP contribution is 2.33. The molecule has 0 aromatic heterocycles. The lowest BCUT2D eigenvalue weighted by molar-refractivity contribution is -0.0958. The van der Waals surface area contributed by atoms with Gasteiger partial charge in [-0.15, -0.1) is 0 Å². The molecule has 2 unspecified atom stereocenters. The van der Waals surface area contributed by atoms with Gasteiger partial charge in [0.05, 0.1) is 0 Å². The van der Waals surface area contributed by atoms with Crippen LogP contribution in [0.3, 0.4) is 0 Å². The SMILES string of the molecule is Cc1cccc2c1NC(O)N(CCN)C2O. The smallest absolute Gasteiger partial charge is 0.186 e. The van der Waals surface area contributed by atoms with Gasteiger partial charge in [-0.3, -0.25) is 0 Å². The van der Waals surface area contributed by atoms with Crippen LogP contribution in [0.4, 0.5) is 5.69 Å². The molecule has 0 saturated carbocycles. The highest BCUT2D eigenvalue weighted by molar-refractivity contribution is 5.59. The van der Waals surface area contributed by atoms with E-state index < -0.39 is 12.6 Å². The van der Waals surface area contributed by atoms with E-state index in [1.165, 1.54) is 4.90 Å². The van der Waals surface area contributed by atoms with Gasteiger partial charge in [-0.25, -0.2) is 4.90 Å². The number of hydrogen-bond donors (Lipinski definition) is 4. The molecule has 0 radical (unpaired) electrons. The van der Waals surface area contributed by atoms with E-state index in [0.717, 1.165) is 16.8 Å². The van der Waals surface area contributed by atoms with Crippen molar-refractivity contribution < 1.29 is 10.2 Å². The number of hydrogen-bond acceptors (Lipinski definition) is 5. The van der Waals surface area contributed by atoms with Crippen molar-refractivity contribution in [2.75, 3.05) is 18.4 Å². The van der Waals surface area contributed by atoms with Crippen LogP contribution in [-0.2, 0) is 0 Å². The fourth-order valence-corrected chi connectivity index (χ4v) is 2.02. The Labute approximate surface area is 94.5 Å². The number of fused-ring (bicyclic) bond motifs is 1. The minimum Gasteiger partial charge on any atom is -0.374 e. The van der Waals surface area contributed by atoms with Crippen LogP contribution in [0, 0.1) is 6.92 Å². The standard InChI is InChI=1S/C11H17N3O2/c1-7-3-2-4-8-9(7)13-11(16)14(6-5-12)10(8)15/h2-4,10-11,13,15-16H,5-6,12H2,1H3. The number of aliphatic hydroxyl groups excluding tert-OH is 2. The Balaban J connectivity index is 2.37. The number of rotatable bonds is 2. The molecule has 16 heavy (non-hydrogen) atoms. The largest absolute Gasteiger partial charge is 0.374 e. The normalized spacial score (nSPS) is 25.0. The first-order chi connectivity index (χ1) is 7.65. The highest BCUT2D eigenvalue weighted by atomic mass is 16.3. The molecule has 0 amide bonds. The number of para-hydroxylation sites is 1. The van der Waals surface area contributed by atoms with E-state index in [0.29, 0.717) is 13.1 Å². The van der Waals surface area contributed by atoms with Crippen LogP contribution in [0.2, 0.25) is 0 Å². The lowest BCUT2D eigenvalue weighted by Gasteiger charge is -2.39. The van der Waals surface area contributed by atoms with Gasteiger partial charge in [0.15, 0.2) is 6.35 Å². The molecule has 5 N–H and O–H groups in total. The maximum Gasteiger partial charge on any atom is 0.186 e. The van der Waals surface area contributed by atoms with Crippen LogP contribution in [0.5, 0.6) is 0 Å². The number of aryl methyl sites for hydroxylation is 1. The Morgan fingerprint density at radius 1 is 1.44 bits per heavy atom. The third-order valence-electron chi connectivity index (χ3n) is 2.87. The second kappa shape index (κ2) is 4.39. The van der Waals surface area contributed by atoms with Crippen molar-refractivity contribution in [2.24, 2.45) is 5.73 Å². The lowest BCUT2D eigenvalue weighted by atomic mass is 10.0. The van der Waals surface area contributed by atoms with Gasteiger partial charge in [0.2, 0.25) is 0 Å². The summed E-state index contributed by atoms with van der Waals surface area (Å²) in [6.45, 7) is 2.75. The molecular weight excluding hydrogens is 206 g/mol. The molecule has 1 aromatic carbocycles. The minimum atomic E-state index is -0.896. The zero-order valence-electron chi connectivity index (χ0n) is 9.22. The van der Waals surface area contributed by atoms with Crippen molar-refractivity contribution in [3.05, 3.63) is 29.3 Å². The third kappa shape index (κ3) is 1.78. The lowest BCUT2D eigenvalue weighted by Crippen LogP contribution is -2.49. The summed E-state index contributed by atoms with van der Waals surface area (Å²) in [5.41, 5.74) is 8.02. The maximum absolute atomic E-state index is 10.1. The Kier molecular flexibility index (Phi) is 3.11.